The van der Waals surface area contributed by atoms with Gasteiger partial charge < -0.3 is 5.32 Å². The number of aryl methyl sites for hydroxylation is 1. The molecule has 1 aliphatic rings. The molecule has 1 nitrogen and oxygen atoms in total. The fraction of sp³-hybridized carbons (Fsp3) is 0.333. The Morgan fingerprint density at radius 2 is 1.92 bits per heavy atom. The molecule has 1 saturated heterocycles. The highest BCUT2D eigenvalue weighted by molar-refractivity contribution is 5.32. The minimum atomic E-state index is -1.06. The second-order valence-corrected chi connectivity index (χ2v) is 3.18. The molecule has 0 aromatic heterocycles. The van der Waals surface area contributed by atoms with E-state index >= 15 is 0 Å². The average Bonchev–Trinajstić information content (AvgIpc) is 2.84. The molecule has 0 aliphatic carbocycles. The Bertz CT molecular complexity index is 358. The predicted octanol–water partition coefficient (Wildman–Crippen LogP) is 2.06. The summed E-state index contributed by atoms with van der Waals surface area (Å²) in [6.07, 6.45) is 0. The van der Waals surface area contributed by atoms with Crippen LogP contribution in [0.3, 0.4) is 0 Å². The number of nitrogens with one attached hydrogen (secondary N) is 1. The second kappa shape index (κ2) is 2.73. The molecule has 13 heavy (non-hydrogen) atoms. The summed E-state index contributed by atoms with van der Waals surface area (Å²) in [6.45, 7) is 1.85. The zero-order valence-electron chi connectivity index (χ0n) is 7.00. The largest absolute Gasteiger partial charge is 0.307 e. The summed E-state index contributed by atoms with van der Waals surface area (Å²) in [6, 6.07) is 0.670. The predicted molar refractivity (Wildman–Crippen MR) is 41.8 cm³/mol. The van der Waals surface area contributed by atoms with Crippen LogP contribution < -0.4 is 5.32 Å². The maximum Gasteiger partial charge on any atom is 0.166 e. The third-order valence-corrected chi connectivity index (χ3v) is 2.13. The van der Waals surface area contributed by atoms with Crippen molar-refractivity contribution in [3.8, 4) is 0 Å². The van der Waals surface area contributed by atoms with Crippen molar-refractivity contribution in [3.05, 3.63) is 34.6 Å². The van der Waals surface area contributed by atoms with Gasteiger partial charge in [-0.25, -0.2) is 13.2 Å². The van der Waals surface area contributed by atoms with Crippen molar-refractivity contribution in [2.24, 2.45) is 0 Å². The highest BCUT2D eigenvalue weighted by atomic mass is 19.2. The van der Waals surface area contributed by atoms with Crippen LogP contribution in [0.2, 0.25) is 0 Å². The van der Waals surface area contributed by atoms with Gasteiger partial charge in [-0.2, -0.15) is 0 Å². The van der Waals surface area contributed by atoms with E-state index < -0.39 is 17.5 Å². The molecule has 0 saturated carbocycles. The standard InChI is InChI=1S/C9H8F3N/c1-4-2-5(10)7(6-3-13-6)9(12)8(4)11/h2,6,13H,3H2,1H3/t6-/m1/s1. The van der Waals surface area contributed by atoms with Crippen LogP contribution in [0, 0.1) is 24.4 Å². The summed E-state index contributed by atoms with van der Waals surface area (Å²) in [4.78, 5) is 0. The SMILES string of the molecule is Cc1cc(F)c([C@H]2CN2)c(F)c1F. The molecule has 0 amide bonds. The highest BCUT2D eigenvalue weighted by Gasteiger charge is 2.31. The number of benzene rings is 1. The zero-order chi connectivity index (χ0) is 9.59. The van der Waals surface area contributed by atoms with Gasteiger partial charge in [0.05, 0.1) is 6.04 Å². The molecule has 1 heterocycles. The van der Waals surface area contributed by atoms with Crippen molar-refractivity contribution in [2.75, 3.05) is 6.54 Å². The van der Waals surface area contributed by atoms with E-state index in [1.54, 1.807) is 0 Å². The van der Waals surface area contributed by atoms with Crippen molar-refractivity contribution in [2.45, 2.75) is 13.0 Å². The first-order valence-corrected chi connectivity index (χ1v) is 3.98. The number of hydrogen-bond donors (Lipinski definition) is 1. The lowest BCUT2D eigenvalue weighted by molar-refractivity contribution is 0.474. The summed E-state index contributed by atoms with van der Waals surface area (Å²) in [5.74, 6) is -2.69. The van der Waals surface area contributed by atoms with E-state index in [1.807, 2.05) is 0 Å². The summed E-state index contributed by atoms with van der Waals surface area (Å²) >= 11 is 0. The first-order valence-electron chi connectivity index (χ1n) is 3.98. The Kier molecular flexibility index (Phi) is 1.80. The van der Waals surface area contributed by atoms with Crippen LogP contribution >= 0.6 is 0 Å². The Morgan fingerprint density at radius 3 is 2.46 bits per heavy atom. The molecule has 1 aromatic rings. The van der Waals surface area contributed by atoms with Crippen LogP contribution in [0.5, 0.6) is 0 Å². The molecule has 0 bridgehead atoms. The van der Waals surface area contributed by atoms with Crippen LogP contribution in [0.15, 0.2) is 6.07 Å². The summed E-state index contributed by atoms with van der Waals surface area (Å²) in [5.41, 5.74) is -0.178. The van der Waals surface area contributed by atoms with E-state index in [-0.39, 0.29) is 17.2 Å². The van der Waals surface area contributed by atoms with Crippen LogP contribution in [0.4, 0.5) is 13.2 Å². The molecule has 1 N–H and O–H groups in total. The van der Waals surface area contributed by atoms with Crippen molar-refractivity contribution in [1.82, 2.24) is 5.32 Å². The van der Waals surface area contributed by atoms with Gasteiger partial charge in [-0.05, 0) is 18.6 Å². The molecule has 1 aromatic carbocycles. The van der Waals surface area contributed by atoms with E-state index in [9.17, 15) is 13.2 Å². The Labute approximate surface area is 73.6 Å². The van der Waals surface area contributed by atoms with E-state index in [0.717, 1.165) is 6.07 Å². The number of halogens is 3. The monoisotopic (exact) mass is 187 g/mol. The lowest BCUT2D eigenvalue weighted by Crippen LogP contribution is -2.01. The van der Waals surface area contributed by atoms with E-state index in [0.29, 0.717) is 6.54 Å². The fourth-order valence-electron chi connectivity index (χ4n) is 1.31. The summed E-state index contributed by atoms with van der Waals surface area (Å²) < 4.78 is 39.3. The van der Waals surface area contributed by atoms with Gasteiger partial charge in [0.2, 0.25) is 0 Å². The van der Waals surface area contributed by atoms with Gasteiger partial charge in [0, 0.05) is 12.1 Å². The van der Waals surface area contributed by atoms with Gasteiger partial charge in [-0.3, -0.25) is 0 Å². The van der Waals surface area contributed by atoms with E-state index in [4.69, 9.17) is 0 Å². The van der Waals surface area contributed by atoms with Crippen molar-refractivity contribution in [1.29, 1.82) is 0 Å². The lowest BCUT2D eigenvalue weighted by Gasteiger charge is -2.05. The Balaban J connectivity index is 2.60. The smallest absolute Gasteiger partial charge is 0.166 e. The topological polar surface area (TPSA) is 21.9 Å². The maximum atomic E-state index is 13.2. The normalized spacial score (nSPS) is 20.5. The molecular weight excluding hydrogens is 179 g/mol. The summed E-state index contributed by atoms with van der Waals surface area (Å²) in [5, 5.41) is 2.73. The first-order chi connectivity index (χ1) is 6.11. The molecule has 2 rings (SSSR count). The zero-order valence-corrected chi connectivity index (χ0v) is 7.00. The number of hydrogen-bond acceptors (Lipinski definition) is 1. The summed E-state index contributed by atoms with van der Waals surface area (Å²) in [7, 11) is 0. The maximum absolute atomic E-state index is 13.2. The van der Waals surface area contributed by atoms with Crippen molar-refractivity contribution < 1.29 is 13.2 Å². The van der Waals surface area contributed by atoms with Gasteiger partial charge >= 0.3 is 0 Å². The third-order valence-electron chi connectivity index (χ3n) is 2.13. The van der Waals surface area contributed by atoms with Crippen LogP contribution in [-0.4, -0.2) is 6.54 Å². The van der Waals surface area contributed by atoms with Crippen molar-refractivity contribution in [3.63, 3.8) is 0 Å². The highest BCUT2D eigenvalue weighted by Crippen LogP contribution is 2.29. The molecule has 1 atom stereocenters. The lowest BCUT2D eigenvalue weighted by atomic mass is 10.1. The first kappa shape index (κ1) is 8.56. The minimum absolute atomic E-state index is 0.000556. The second-order valence-electron chi connectivity index (χ2n) is 3.18. The Hall–Kier alpha value is -1.03. The minimum Gasteiger partial charge on any atom is -0.307 e. The van der Waals surface area contributed by atoms with Crippen LogP contribution in [0.1, 0.15) is 17.2 Å². The van der Waals surface area contributed by atoms with Gasteiger partial charge in [0.1, 0.15) is 5.82 Å². The molecule has 0 spiro atoms. The Morgan fingerprint density at radius 1 is 1.31 bits per heavy atom. The van der Waals surface area contributed by atoms with Crippen LogP contribution in [0.25, 0.3) is 0 Å². The van der Waals surface area contributed by atoms with Crippen molar-refractivity contribution >= 4 is 0 Å². The van der Waals surface area contributed by atoms with Crippen LogP contribution in [-0.2, 0) is 0 Å². The van der Waals surface area contributed by atoms with Gasteiger partial charge in [-0.1, -0.05) is 0 Å². The number of rotatable bonds is 1. The van der Waals surface area contributed by atoms with E-state index in [2.05, 4.69) is 5.32 Å². The molecule has 4 heteroatoms. The van der Waals surface area contributed by atoms with E-state index in [1.165, 1.54) is 6.92 Å². The quantitative estimate of drug-likeness (QED) is 0.527. The molecule has 0 radical (unpaired) electrons. The van der Waals surface area contributed by atoms with Gasteiger partial charge in [0.15, 0.2) is 11.6 Å². The third kappa shape index (κ3) is 1.31. The molecule has 1 aliphatic heterocycles. The van der Waals surface area contributed by atoms with Gasteiger partial charge in [0.25, 0.3) is 0 Å². The molecular formula is C9H8F3N. The molecule has 1 fully saturated rings. The average molecular weight is 187 g/mol. The molecule has 70 valence electrons. The molecule has 0 unspecified atom stereocenters. The fourth-order valence-corrected chi connectivity index (χ4v) is 1.31. The van der Waals surface area contributed by atoms with Gasteiger partial charge in [-0.15, -0.1) is 0 Å².